The summed E-state index contributed by atoms with van der Waals surface area (Å²) in [5.41, 5.74) is 0.567. The van der Waals surface area contributed by atoms with Gasteiger partial charge in [-0.05, 0) is 37.5 Å². The van der Waals surface area contributed by atoms with Crippen LogP contribution in [0, 0.1) is 18.7 Å². The van der Waals surface area contributed by atoms with Crippen molar-refractivity contribution in [1.29, 1.82) is 0 Å². The number of hydrogen-bond donors (Lipinski definition) is 0. The fourth-order valence-electron chi connectivity index (χ4n) is 3.65. The number of carbonyl (C=O) groups is 2. The SMILES string of the molecule is COc1ccc(CN(C)C(=O)COC(=O)C2CCN(S(=O)(=O)c3cn(C)c(C)n3)CC2)cc1F. The number of rotatable bonds is 8. The molecular weight excluding hydrogens is 467 g/mol. The number of benzene rings is 1. The third-order valence-electron chi connectivity index (χ3n) is 5.88. The zero-order valence-electron chi connectivity index (χ0n) is 19.7. The molecule has 1 aromatic heterocycles. The second-order valence-electron chi connectivity index (χ2n) is 8.24. The first kappa shape index (κ1) is 25.6. The van der Waals surface area contributed by atoms with Crippen molar-refractivity contribution in [3.63, 3.8) is 0 Å². The fraction of sp³-hybridized carbons (Fsp3) is 0.500. The smallest absolute Gasteiger partial charge is 0.309 e. The van der Waals surface area contributed by atoms with Gasteiger partial charge in [-0.15, -0.1) is 0 Å². The normalized spacial score (nSPS) is 15.2. The van der Waals surface area contributed by atoms with Crippen LogP contribution in [0.4, 0.5) is 4.39 Å². The Morgan fingerprint density at radius 1 is 1.26 bits per heavy atom. The number of ether oxygens (including phenoxy) is 2. The molecule has 0 unspecified atom stereocenters. The van der Waals surface area contributed by atoms with E-state index < -0.39 is 40.2 Å². The van der Waals surface area contributed by atoms with Crippen molar-refractivity contribution in [2.24, 2.45) is 13.0 Å². The standard InChI is InChI=1S/C22H29FN4O6S/c1-15-24-20(13-25(15)2)34(30,31)27-9-7-17(8-10-27)22(29)33-14-21(28)26(3)12-16-5-6-19(32-4)18(23)11-16/h5-6,11,13,17H,7-10,12,14H2,1-4H3. The lowest BCUT2D eigenvalue weighted by Crippen LogP contribution is -2.41. The minimum absolute atomic E-state index is 0.0149. The van der Waals surface area contributed by atoms with E-state index in [0.29, 0.717) is 24.2 Å². The Morgan fingerprint density at radius 3 is 2.50 bits per heavy atom. The fourth-order valence-corrected chi connectivity index (χ4v) is 5.14. The number of methoxy groups -OCH3 is 1. The first-order chi connectivity index (χ1) is 16.0. The molecule has 0 saturated carbocycles. The largest absolute Gasteiger partial charge is 0.494 e. The van der Waals surface area contributed by atoms with Crippen LogP contribution in [-0.2, 0) is 37.9 Å². The third-order valence-corrected chi connectivity index (χ3v) is 7.65. The average Bonchev–Trinajstić information content (AvgIpc) is 3.16. The van der Waals surface area contributed by atoms with Gasteiger partial charge in [0.15, 0.2) is 23.2 Å². The summed E-state index contributed by atoms with van der Waals surface area (Å²) in [4.78, 5) is 30.2. The van der Waals surface area contributed by atoms with Crippen LogP contribution in [0.15, 0.2) is 29.4 Å². The van der Waals surface area contributed by atoms with Crippen molar-refractivity contribution >= 4 is 21.9 Å². The topological polar surface area (TPSA) is 111 Å². The summed E-state index contributed by atoms with van der Waals surface area (Å²) < 4.78 is 52.4. The highest BCUT2D eigenvalue weighted by molar-refractivity contribution is 7.89. The molecule has 1 aliphatic rings. The number of halogens is 1. The van der Waals surface area contributed by atoms with Gasteiger partial charge in [-0.2, -0.15) is 4.31 Å². The molecule has 1 aliphatic heterocycles. The Bertz CT molecular complexity index is 1140. The highest BCUT2D eigenvalue weighted by atomic mass is 32.2. The van der Waals surface area contributed by atoms with Gasteiger partial charge in [-0.1, -0.05) is 6.07 Å². The molecule has 0 radical (unpaired) electrons. The van der Waals surface area contributed by atoms with Crippen LogP contribution in [0.1, 0.15) is 24.2 Å². The molecule has 0 atom stereocenters. The van der Waals surface area contributed by atoms with E-state index in [0.717, 1.165) is 0 Å². The van der Waals surface area contributed by atoms with Crippen molar-refractivity contribution in [3.05, 3.63) is 41.6 Å². The van der Waals surface area contributed by atoms with Crippen molar-refractivity contribution in [3.8, 4) is 5.75 Å². The van der Waals surface area contributed by atoms with Gasteiger partial charge >= 0.3 is 5.97 Å². The van der Waals surface area contributed by atoms with Crippen molar-refractivity contribution in [1.82, 2.24) is 18.8 Å². The number of imidazole rings is 1. The van der Waals surface area contributed by atoms with Gasteiger partial charge < -0.3 is 18.9 Å². The molecule has 1 fully saturated rings. The summed E-state index contributed by atoms with van der Waals surface area (Å²) in [7, 11) is 0.883. The van der Waals surface area contributed by atoms with Crippen LogP contribution in [0.2, 0.25) is 0 Å². The number of aromatic nitrogens is 2. The summed E-state index contributed by atoms with van der Waals surface area (Å²) in [5, 5.41) is -0.0149. The molecule has 10 nitrogen and oxygen atoms in total. The Morgan fingerprint density at radius 2 is 1.94 bits per heavy atom. The Kier molecular flexibility index (Phi) is 7.93. The highest BCUT2D eigenvalue weighted by Gasteiger charge is 2.34. The van der Waals surface area contributed by atoms with Crippen LogP contribution < -0.4 is 4.74 Å². The minimum Gasteiger partial charge on any atom is -0.494 e. The lowest BCUT2D eigenvalue weighted by Gasteiger charge is -2.29. The summed E-state index contributed by atoms with van der Waals surface area (Å²) in [6.07, 6.45) is 2.05. The van der Waals surface area contributed by atoms with Gasteiger partial charge in [0.25, 0.3) is 15.9 Å². The van der Waals surface area contributed by atoms with Crippen LogP contribution in [0.5, 0.6) is 5.75 Å². The molecule has 0 aliphatic carbocycles. The molecule has 2 heterocycles. The number of piperidine rings is 1. The second-order valence-corrected chi connectivity index (χ2v) is 10.1. The number of likely N-dealkylation sites (N-methyl/N-ethyl adjacent to an activating group) is 1. The molecule has 3 rings (SSSR count). The van der Waals surface area contributed by atoms with E-state index in [1.54, 1.807) is 24.6 Å². The van der Waals surface area contributed by atoms with Gasteiger partial charge in [0.2, 0.25) is 0 Å². The van der Waals surface area contributed by atoms with E-state index in [4.69, 9.17) is 9.47 Å². The maximum absolute atomic E-state index is 13.8. The lowest BCUT2D eigenvalue weighted by molar-refractivity contribution is -0.156. The highest BCUT2D eigenvalue weighted by Crippen LogP contribution is 2.24. The number of nitrogens with zero attached hydrogens (tertiary/aromatic N) is 4. The monoisotopic (exact) mass is 496 g/mol. The summed E-state index contributed by atoms with van der Waals surface area (Å²) >= 11 is 0. The Hall–Kier alpha value is -2.99. The van der Waals surface area contributed by atoms with E-state index in [1.807, 2.05) is 0 Å². The van der Waals surface area contributed by atoms with Crippen molar-refractivity contribution < 1.29 is 31.9 Å². The number of sulfonamides is 1. The summed E-state index contributed by atoms with van der Waals surface area (Å²) in [6.45, 7) is 1.73. The molecule has 1 aromatic carbocycles. The van der Waals surface area contributed by atoms with Crippen LogP contribution in [0.25, 0.3) is 0 Å². The first-order valence-corrected chi connectivity index (χ1v) is 12.2. The van der Waals surface area contributed by atoms with Crippen LogP contribution in [-0.4, -0.2) is 72.9 Å². The Labute approximate surface area is 198 Å². The molecule has 1 amide bonds. The quantitative estimate of drug-likeness (QED) is 0.509. The van der Waals surface area contributed by atoms with Crippen molar-refractivity contribution in [2.45, 2.75) is 31.3 Å². The van der Waals surface area contributed by atoms with Crippen LogP contribution in [0.3, 0.4) is 0 Å². The number of hydrogen-bond acceptors (Lipinski definition) is 7. The number of amides is 1. The molecule has 0 N–H and O–H groups in total. The predicted octanol–water partition coefficient (Wildman–Crippen LogP) is 1.48. The summed E-state index contributed by atoms with van der Waals surface area (Å²) in [5.74, 6) is -1.30. The zero-order valence-corrected chi connectivity index (χ0v) is 20.5. The minimum atomic E-state index is -3.73. The van der Waals surface area contributed by atoms with E-state index in [9.17, 15) is 22.4 Å². The molecule has 186 valence electrons. The molecule has 0 spiro atoms. The number of esters is 1. The average molecular weight is 497 g/mol. The zero-order chi connectivity index (χ0) is 25.0. The lowest BCUT2D eigenvalue weighted by atomic mass is 9.98. The Balaban J connectivity index is 1.47. The molecule has 12 heteroatoms. The van der Waals surface area contributed by atoms with E-state index in [2.05, 4.69) is 4.98 Å². The van der Waals surface area contributed by atoms with E-state index in [-0.39, 0.29) is 30.4 Å². The number of aryl methyl sites for hydroxylation is 2. The third kappa shape index (κ3) is 5.73. The molecule has 0 bridgehead atoms. The predicted molar refractivity (Wildman–Crippen MR) is 120 cm³/mol. The van der Waals surface area contributed by atoms with Gasteiger partial charge in [-0.25, -0.2) is 17.8 Å². The second kappa shape index (κ2) is 10.5. The molecule has 1 saturated heterocycles. The number of carbonyl (C=O) groups excluding carboxylic acids is 2. The van der Waals surface area contributed by atoms with E-state index >= 15 is 0 Å². The maximum Gasteiger partial charge on any atom is 0.309 e. The van der Waals surface area contributed by atoms with Crippen LogP contribution >= 0.6 is 0 Å². The first-order valence-electron chi connectivity index (χ1n) is 10.8. The molecular formula is C22H29FN4O6S. The molecule has 2 aromatic rings. The van der Waals surface area contributed by atoms with Gasteiger partial charge in [0.1, 0.15) is 5.82 Å². The van der Waals surface area contributed by atoms with Gasteiger partial charge in [0, 0.05) is 39.9 Å². The molecule has 34 heavy (non-hydrogen) atoms. The van der Waals surface area contributed by atoms with Crippen molar-refractivity contribution in [2.75, 3.05) is 33.9 Å². The maximum atomic E-state index is 13.8. The summed E-state index contributed by atoms with van der Waals surface area (Å²) in [6, 6.07) is 4.40. The van der Waals surface area contributed by atoms with E-state index in [1.165, 1.54) is 41.7 Å². The van der Waals surface area contributed by atoms with Gasteiger partial charge in [-0.3, -0.25) is 9.59 Å². The van der Waals surface area contributed by atoms with Gasteiger partial charge in [0.05, 0.1) is 13.0 Å².